The second-order valence-electron chi connectivity index (χ2n) is 12.5. The Labute approximate surface area is 268 Å². The molecule has 0 unspecified atom stereocenters. The number of alkyl halides is 1. The Bertz CT molecular complexity index is 2170. The molecule has 0 amide bonds. The van der Waals surface area contributed by atoms with E-state index in [0.717, 1.165) is 30.6 Å². The number of anilines is 1. The predicted octanol–water partition coefficient (Wildman–Crippen LogP) is 6.61. The average molecular weight is 640 g/mol. The largest absolute Gasteiger partial charge is 0.508 e. The van der Waals surface area contributed by atoms with Gasteiger partial charge in [0.1, 0.15) is 47.0 Å². The van der Waals surface area contributed by atoms with Crippen LogP contribution in [0.1, 0.15) is 37.3 Å². The Morgan fingerprint density at radius 2 is 2.02 bits per heavy atom. The maximum Gasteiger partial charge on any atom is 0.319 e. The lowest BCUT2D eigenvalue weighted by Crippen LogP contribution is -2.43. The molecule has 9 nitrogen and oxygen atoms in total. The monoisotopic (exact) mass is 639 g/mol. The number of halogens is 3. The Kier molecular flexibility index (Phi) is 7.12. The molecule has 0 radical (unpaired) electrons. The lowest BCUT2D eigenvalue weighted by molar-refractivity contribution is 0.107. The van der Waals surface area contributed by atoms with Gasteiger partial charge in [-0.1, -0.05) is 19.1 Å². The van der Waals surface area contributed by atoms with Gasteiger partial charge >= 0.3 is 6.01 Å². The minimum Gasteiger partial charge on any atom is -0.508 e. The van der Waals surface area contributed by atoms with Crippen LogP contribution in [0.5, 0.6) is 11.8 Å². The topological polar surface area (TPSA) is 101 Å². The molecule has 0 bridgehead atoms. The van der Waals surface area contributed by atoms with Crippen LogP contribution in [0.3, 0.4) is 0 Å². The third-order valence-electron chi connectivity index (χ3n) is 9.57. The molecule has 2 aromatic carbocycles. The number of phenols is 1. The zero-order valence-electron chi connectivity index (χ0n) is 25.7. The fourth-order valence-corrected chi connectivity index (χ4v) is 7.36. The smallest absolute Gasteiger partial charge is 0.319 e. The van der Waals surface area contributed by atoms with Gasteiger partial charge < -0.3 is 19.6 Å². The first-order valence-corrected chi connectivity index (χ1v) is 15.8. The normalized spacial score (nSPS) is 19.6. The third kappa shape index (κ3) is 5.07. The molecule has 2 aliphatic heterocycles. The highest BCUT2D eigenvalue weighted by Gasteiger charge is 2.49. The fourth-order valence-electron chi connectivity index (χ4n) is 7.36. The van der Waals surface area contributed by atoms with E-state index in [2.05, 4.69) is 30.2 Å². The molecule has 47 heavy (non-hydrogen) atoms. The number of aromatic nitrogens is 5. The quantitative estimate of drug-likeness (QED) is 0.192. The predicted molar refractivity (Wildman–Crippen MR) is 172 cm³/mol. The van der Waals surface area contributed by atoms with Crippen LogP contribution in [0.15, 0.2) is 61.2 Å². The number of ether oxygens (including phenoxy) is 1. The van der Waals surface area contributed by atoms with Gasteiger partial charge in [-0.2, -0.15) is 9.97 Å². The summed E-state index contributed by atoms with van der Waals surface area (Å²) in [7, 11) is 0. The van der Waals surface area contributed by atoms with Crippen LogP contribution in [-0.2, 0) is 13.0 Å². The van der Waals surface area contributed by atoms with Crippen molar-refractivity contribution in [2.24, 2.45) is 0 Å². The number of nitrogens with zero attached hydrogens (tertiary/aromatic N) is 6. The Balaban J connectivity index is 1.23. The van der Waals surface area contributed by atoms with E-state index in [4.69, 9.17) is 4.74 Å². The standard InChI is InChI=1S/C35H32F3N7O2/c1-2-24-27(37)6-5-21-12-23(46)13-25(29(21)24)31-30(38)32-26(16-40-31)33(41-15-20-4-7-28-39-9-11-44(28)17-20)43-34(42-32)47-19-35-8-3-10-45(35)18-22(36)14-35/h4-7,9,11-13,16-17,22,46H,2-3,8,10,14-15,18-19H2,1H3,(H,41,42,43)/t22-,35+/m1/s1. The van der Waals surface area contributed by atoms with Gasteiger partial charge in [-0.25, -0.2) is 18.2 Å². The molecule has 240 valence electrons. The second kappa shape index (κ2) is 11.4. The van der Waals surface area contributed by atoms with E-state index in [9.17, 15) is 13.9 Å². The molecule has 0 saturated carbocycles. The van der Waals surface area contributed by atoms with Crippen LogP contribution >= 0.6 is 0 Å². The van der Waals surface area contributed by atoms with Crippen molar-refractivity contribution in [2.75, 3.05) is 25.0 Å². The van der Waals surface area contributed by atoms with E-state index >= 15 is 4.39 Å². The van der Waals surface area contributed by atoms with Gasteiger partial charge in [0.15, 0.2) is 5.82 Å². The highest BCUT2D eigenvalue weighted by molar-refractivity contribution is 6.01. The summed E-state index contributed by atoms with van der Waals surface area (Å²) in [5, 5.41) is 15.2. The van der Waals surface area contributed by atoms with Crippen molar-refractivity contribution in [2.45, 2.75) is 50.9 Å². The van der Waals surface area contributed by atoms with E-state index in [0.29, 0.717) is 53.5 Å². The first-order chi connectivity index (χ1) is 22.8. The molecular weight excluding hydrogens is 607 g/mol. The first-order valence-electron chi connectivity index (χ1n) is 15.8. The van der Waals surface area contributed by atoms with Gasteiger partial charge in [-0.15, -0.1) is 0 Å². The summed E-state index contributed by atoms with van der Waals surface area (Å²) >= 11 is 0. The van der Waals surface area contributed by atoms with Crippen molar-refractivity contribution >= 4 is 33.1 Å². The molecule has 0 aliphatic carbocycles. The summed E-state index contributed by atoms with van der Waals surface area (Å²) in [5.41, 5.74) is 1.80. The van der Waals surface area contributed by atoms with Crippen molar-refractivity contribution < 1.29 is 23.0 Å². The van der Waals surface area contributed by atoms with E-state index in [1.807, 2.05) is 35.9 Å². The van der Waals surface area contributed by atoms with Gasteiger partial charge in [0.25, 0.3) is 0 Å². The summed E-state index contributed by atoms with van der Waals surface area (Å²) < 4.78 is 54.2. The molecule has 2 N–H and O–H groups in total. The molecule has 0 spiro atoms. The lowest BCUT2D eigenvalue weighted by atomic mass is 9.94. The van der Waals surface area contributed by atoms with Crippen LogP contribution in [-0.4, -0.2) is 65.8 Å². The Morgan fingerprint density at radius 3 is 2.89 bits per heavy atom. The highest BCUT2D eigenvalue weighted by Crippen LogP contribution is 2.41. The Morgan fingerprint density at radius 1 is 1.13 bits per heavy atom. The maximum absolute atomic E-state index is 16.7. The van der Waals surface area contributed by atoms with E-state index in [1.165, 1.54) is 24.4 Å². The number of nitrogens with one attached hydrogen (secondary N) is 1. The van der Waals surface area contributed by atoms with Crippen molar-refractivity contribution in [1.82, 2.24) is 29.2 Å². The summed E-state index contributed by atoms with van der Waals surface area (Å²) in [5.74, 6) is -0.977. The van der Waals surface area contributed by atoms with Gasteiger partial charge in [0.05, 0.1) is 10.9 Å². The van der Waals surface area contributed by atoms with Gasteiger partial charge in [-0.05, 0) is 72.0 Å². The number of aromatic hydroxyl groups is 1. The van der Waals surface area contributed by atoms with E-state index in [-0.39, 0.29) is 35.1 Å². The summed E-state index contributed by atoms with van der Waals surface area (Å²) in [6.45, 7) is 3.51. The number of benzene rings is 2. The zero-order chi connectivity index (χ0) is 32.3. The minimum absolute atomic E-state index is 0.0472. The number of hydrogen-bond acceptors (Lipinski definition) is 8. The van der Waals surface area contributed by atoms with Crippen molar-refractivity contribution in [3.8, 4) is 23.0 Å². The lowest BCUT2D eigenvalue weighted by Gasteiger charge is -2.30. The first kappa shape index (κ1) is 29.4. The second-order valence-corrected chi connectivity index (χ2v) is 12.5. The molecule has 2 fully saturated rings. The van der Waals surface area contributed by atoms with Crippen molar-refractivity contribution in [3.05, 3.63) is 83.9 Å². The number of aryl methyl sites for hydroxylation is 1. The molecule has 12 heteroatoms. The zero-order valence-corrected chi connectivity index (χ0v) is 25.7. The molecule has 8 rings (SSSR count). The van der Waals surface area contributed by atoms with Crippen LogP contribution in [0.2, 0.25) is 0 Å². The molecule has 6 heterocycles. The summed E-state index contributed by atoms with van der Waals surface area (Å²) in [4.78, 5) is 20.0. The number of rotatable bonds is 8. The van der Waals surface area contributed by atoms with Crippen LogP contribution in [0.25, 0.3) is 38.6 Å². The summed E-state index contributed by atoms with van der Waals surface area (Å²) in [6.07, 6.45) is 8.52. The third-order valence-corrected chi connectivity index (χ3v) is 9.57. The van der Waals surface area contributed by atoms with Crippen LogP contribution in [0, 0.1) is 11.6 Å². The van der Waals surface area contributed by atoms with E-state index in [1.54, 1.807) is 12.3 Å². The fraction of sp³-hybridized carbons (Fsp3) is 0.314. The van der Waals surface area contributed by atoms with Crippen molar-refractivity contribution in [1.29, 1.82) is 0 Å². The number of phenolic OH excluding ortho intramolecular Hbond substituents is 1. The highest BCUT2D eigenvalue weighted by atomic mass is 19.1. The molecule has 4 aromatic heterocycles. The van der Waals surface area contributed by atoms with E-state index < -0.39 is 23.3 Å². The molecule has 2 saturated heterocycles. The SMILES string of the molecule is CCc1c(F)ccc2cc(O)cc(-c3ncc4c(NCc5ccc6nccn6c5)nc(OC[C@@]56CCCN5C[C@H](F)C6)nc4c3F)c12. The average Bonchev–Trinajstić information content (AvgIpc) is 3.77. The molecular formula is C35H32F3N7O2. The van der Waals surface area contributed by atoms with Crippen molar-refractivity contribution in [3.63, 3.8) is 0 Å². The Hall–Kier alpha value is -4.97. The number of hydrogen-bond donors (Lipinski definition) is 2. The summed E-state index contributed by atoms with van der Waals surface area (Å²) in [6, 6.07) is 9.59. The number of pyridine rings is 2. The minimum atomic E-state index is -0.928. The molecule has 2 aliphatic rings. The van der Waals surface area contributed by atoms with Gasteiger partial charge in [0, 0.05) is 49.9 Å². The number of imidazole rings is 1. The maximum atomic E-state index is 16.7. The number of fused-ring (bicyclic) bond motifs is 4. The van der Waals surface area contributed by atoms with Gasteiger partial charge in [0.2, 0.25) is 0 Å². The van der Waals surface area contributed by atoms with Crippen LogP contribution in [0.4, 0.5) is 19.0 Å². The molecule has 2 atom stereocenters. The molecule has 6 aromatic rings. The van der Waals surface area contributed by atoms with Gasteiger partial charge in [-0.3, -0.25) is 9.88 Å². The van der Waals surface area contributed by atoms with Crippen LogP contribution < -0.4 is 10.1 Å².